The Hall–Kier alpha value is -2.76. The van der Waals surface area contributed by atoms with Crippen LogP contribution < -0.4 is 5.32 Å². The van der Waals surface area contributed by atoms with Crippen molar-refractivity contribution in [3.05, 3.63) is 59.2 Å². The number of carboxylic acid groups (broad SMARTS) is 1. The van der Waals surface area contributed by atoms with Gasteiger partial charge < -0.3 is 10.4 Å². The minimum atomic E-state index is -0.971. The number of hydrogen-bond acceptors (Lipinski definition) is 4. The minimum absolute atomic E-state index is 0.111. The minimum Gasteiger partial charge on any atom is -0.478 e. The molecule has 1 heterocycles. The Morgan fingerprint density at radius 3 is 2.71 bits per heavy atom. The maximum atomic E-state index is 12.1. The lowest BCUT2D eigenvalue weighted by Gasteiger charge is -2.13. The van der Waals surface area contributed by atoms with Crippen molar-refractivity contribution >= 4 is 11.9 Å². The molecule has 0 saturated heterocycles. The van der Waals surface area contributed by atoms with Crippen molar-refractivity contribution in [3.8, 4) is 0 Å². The summed E-state index contributed by atoms with van der Waals surface area (Å²) in [7, 11) is 0. The maximum absolute atomic E-state index is 12.1. The SMILES string of the molecule is O=C(O)c1ccc2c(c1)C(NC(=O)c1ncccn1)CC2. The van der Waals surface area contributed by atoms with Gasteiger partial charge in [0.25, 0.3) is 5.91 Å². The summed E-state index contributed by atoms with van der Waals surface area (Å²) in [6.07, 6.45) is 4.58. The molecule has 0 saturated carbocycles. The van der Waals surface area contributed by atoms with Gasteiger partial charge >= 0.3 is 5.97 Å². The third-order valence-electron chi connectivity index (χ3n) is 3.54. The van der Waals surface area contributed by atoms with E-state index in [9.17, 15) is 9.59 Å². The number of aromatic carboxylic acids is 1. The van der Waals surface area contributed by atoms with Crippen LogP contribution in [-0.4, -0.2) is 27.0 Å². The van der Waals surface area contributed by atoms with Gasteiger partial charge in [0.2, 0.25) is 5.82 Å². The van der Waals surface area contributed by atoms with Crippen LogP contribution in [0.2, 0.25) is 0 Å². The van der Waals surface area contributed by atoms with Crippen LogP contribution in [-0.2, 0) is 6.42 Å². The average molecular weight is 283 g/mol. The van der Waals surface area contributed by atoms with Crippen molar-refractivity contribution in [2.45, 2.75) is 18.9 Å². The Labute approximate surface area is 120 Å². The molecule has 1 aromatic heterocycles. The highest BCUT2D eigenvalue weighted by Crippen LogP contribution is 2.32. The average Bonchev–Trinajstić information content (AvgIpc) is 2.90. The zero-order valence-corrected chi connectivity index (χ0v) is 11.1. The summed E-state index contributed by atoms with van der Waals surface area (Å²) in [5.41, 5.74) is 2.16. The predicted molar refractivity (Wildman–Crippen MR) is 74.0 cm³/mol. The molecule has 1 atom stereocenters. The molecule has 0 fully saturated rings. The number of nitrogens with one attached hydrogen (secondary N) is 1. The van der Waals surface area contributed by atoms with E-state index in [2.05, 4.69) is 15.3 Å². The van der Waals surface area contributed by atoms with E-state index >= 15 is 0 Å². The summed E-state index contributed by atoms with van der Waals surface area (Å²) in [4.78, 5) is 30.9. The van der Waals surface area contributed by atoms with Crippen LogP contribution in [0, 0.1) is 0 Å². The smallest absolute Gasteiger partial charge is 0.335 e. The van der Waals surface area contributed by atoms with Crippen molar-refractivity contribution in [1.82, 2.24) is 15.3 Å². The van der Waals surface area contributed by atoms with Crippen LogP contribution in [0.25, 0.3) is 0 Å². The fraction of sp³-hybridized carbons (Fsp3) is 0.200. The standard InChI is InChI=1S/C15H13N3O3/c19-14(13-16-6-1-7-17-13)18-12-5-4-9-2-3-10(15(20)21)8-11(9)12/h1-3,6-8,12H,4-5H2,(H,18,19)(H,20,21). The number of benzene rings is 1. The second-order valence-corrected chi connectivity index (χ2v) is 4.86. The third-order valence-corrected chi connectivity index (χ3v) is 3.54. The molecule has 6 heteroatoms. The highest BCUT2D eigenvalue weighted by atomic mass is 16.4. The van der Waals surface area contributed by atoms with Gasteiger partial charge in [-0.3, -0.25) is 4.79 Å². The van der Waals surface area contributed by atoms with Crippen molar-refractivity contribution in [2.75, 3.05) is 0 Å². The summed E-state index contributed by atoms with van der Waals surface area (Å²) in [6.45, 7) is 0. The number of nitrogens with zero attached hydrogens (tertiary/aromatic N) is 2. The number of aromatic nitrogens is 2. The molecule has 106 valence electrons. The Bertz CT molecular complexity index is 701. The summed E-state index contributed by atoms with van der Waals surface area (Å²) < 4.78 is 0. The number of hydrogen-bond donors (Lipinski definition) is 2. The molecule has 2 N–H and O–H groups in total. The van der Waals surface area contributed by atoms with Crippen molar-refractivity contribution < 1.29 is 14.7 Å². The van der Waals surface area contributed by atoms with Crippen molar-refractivity contribution in [2.24, 2.45) is 0 Å². The molecule has 1 aromatic carbocycles. The first kappa shape index (κ1) is 13.2. The molecule has 6 nitrogen and oxygen atoms in total. The van der Waals surface area contributed by atoms with Crippen LogP contribution in [0.1, 0.15) is 44.6 Å². The first-order valence-electron chi connectivity index (χ1n) is 6.59. The third kappa shape index (κ3) is 2.60. The number of rotatable bonds is 3. The van der Waals surface area contributed by atoms with E-state index in [0.717, 1.165) is 24.0 Å². The highest BCUT2D eigenvalue weighted by Gasteiger charge is 2.26. The largest absolute Gasteiger partial charge is 0.478 e. The van der Waals surface area contributed by atoms with E-state index in [1.807, 2.05) is 6.07 Å². The molecule has 0 spiro atoms. The second kappa shape index (κ2) is 5.32. The van der Waals surface area contributed by atoms with Gasteiger partial charge in [0.15, 0.2) is 0 Å². The second-order valence-electron chi connectivity index (χ2n) is 4.86. The topological polar surface area (TPSA) is 92.2 Å². The zero-order chi connectivity index (χ0) is 14.8. The molecular formula is C15H13N3O3. The molecule has 21 heavy (non-hydrogen) atoms. The fourth-order valence-electron chi connectivity index (χ4n) is 2.52. The monoisotopic (exact) mass is 283 g/mol. The summed E-state index contributed by atoms with van der Waals surface area (Å²) in [5, 5.41) is 11.9. The van der Waals surface area contributed by atoms with E-state index in [0.29, 0.717) is 0 Å². The van der Waals surface area contributed by atoms with Crippen LogP contribution in [0.4, 0.5) is 0 Å². The van der Waals surface area contributed by atoms with Crippen LogP contribution in [0.15, 0.2) is 36.7 Å². The van der Waals surface area contributed by atoms with Crippen LogP contribution >= 0.6 is 0 Å². The van der Waals surface area contributed by atoms with E-state index in [1.165, 1.54) is 12.4 Å². The Balaban J connectivity index is 1.82. The summed E-state index contributed by atoms with van der Waals surface area (Å²) in [5.74, 6) is -1.21. The molecule has 1 aliphatic rings. The quantitative estimate of drug-likeness (QED) is 0.892. The van der Waals surface area contributed by atoms with Gasteiger partial charge in [-0.05, 0) is 42.2 Å². The number of carboxylic acids is 1. The van der Waals surface area contributed by atoms with Gasteiger partial charge in [0, 0.05) is 12.4 Å². The Kier molecular flexibility index (Phi) is 3.35. The van der Waals surface area contributed by atoms with E-state index in [1.54, 1.807) is 18.2 Å². The van der Waals surface area contributed by atoms with E-state index in [4.69, 9.17) is 5.11 Å². The number of carbonyl (C=O) groups excluding carboxylic acids is 1. The van der Waals surface area contributed by atoms with Crippen LogP contribution in [0.5, 0.6) is 0 Å². The Morgan fingerprint density at radius 2 is 2.00 bits per heavy atom. The lowest BCUT2D eigenvalue weighted by Crippen LogP contribution is -2.28. The van der Waals surface area contributed by atoms with Gasteiger partial charge in [-0.15, -0.1) is 0 Å². The van der Waals surface area contributed by atoms with E-state index in [-0.39, 0.29) is 23.3 Å². The molecule has 0 radical (unpaired) electrons. The van der Waals surface area contributed by atoms with Gasteiger partial charge in [0.05, 0.1) is 11.6 Å². The molecule has 0 aliphatic heterocycles. The van der Waals surface area contributed by atoms with Crippen molar-refractivity contribution in [3.63, 3.8) is 0 Å². The molecule has 2 aromatic rings. The molecule has 0 bridgehead atoms. The normalized spacial score (nSPS) is 16.3. The molecule has 1 amide bonds. The lowest BCUT2D eigenvalue weighted by atomic mass is 10.0. The molecule has 3 rings (SSSR count). The number of aryl methyl sites for hydroxylation is 1. The fourth-order valence-corrected chi connectivity index (χ4v) is 2.52. The summed E-state index contributed by atoms with van der Waals surface area (Å²) in [6, 6.07) is 6.47. The predicted octanol–water partition coefficient (Wildman–Crippen LogP) is 1.59. The number of amides is 1. The molecular weight excluding hydrogens is 270 g/mol. The van der Waals surface area contributed by atoms with Gasteiger partial charge in [-0.2, -0.15) is 0 Å². The zero-order valence-electron chi connectivity index (χ0n) is 11.1. The van der Waals surface area contributed by atoms with Gasteiger partial charge in [0.1, 0.15) is 0 Å². The van der Waals surface area contributed by atoms with Gasteiger partial charge in [-0.1, -0.05) is 6.07 Å². The number of carbonyl (C=O) groups is 2. The molecule has 1 unspecified atom stereocenters. The van der Waals surface area contributed by atoms with Crippen molar-refractivity contribution in [1.29, 1.82) is 0 Å². The first-order valence-corrected chi connectivity index (χ1v) is 6.59. The molecule has 1 aliphatic carbocycles. The lowest BCUT2D eigenvalue weighted by molar-refractivity contribution is 0.0696. The van der Waals surface area contributed by atoms with E-state index < -0.39 is 5.97 Å². The van der Waals surface area contributed by atoms with Gasteiger partial charge in [-0.25, -0.2) is 14.8 Å². The Morgan fingerprint density at radius 1 is 1.24 bits per heavy atom. The first-order chi connectivity index (χ1) is 10.1. The highest BCUT2D eigenvalue weighted by molar-refractivity contribution is 5.91. The van der Waals surface area contributed by atoms with Crippen LogP contribution in [0.3, 0.4) is 0 Å². The summed E-state index contributed by atoms with van der Waals surface area (Å²) >= 11 is 0. The maximum Gasteiger partial charge on any atom is 0.335 e. The number of fused-ring (bicyclic) bond motifs is 1.